The van der Waals surface area contributed by atoms with Crippen molar-refractivity contribution in [2.24, 2.45) is 0 Å². The van der Waals surface area contributed by atoms with Crippen molar-refractivity contribution in [3.05, 3.63) is 34.6 Å². The molecule has 1 aromatic carbocycles. The normalized spacial score (nSPS) is 10.7. The molecule has 0 unspecified atom stereocenters. The van der Waals surface area contributed by atoms with E-state index in [9.17, 15) is 18.0 Å². The van der Waals surface area contributed by atoms with Gasteiger partial charge in [-0.15, -0.1) is 10.2 Å². The molecule has 2 rings (SSSR count). The number of halogens is 3. The van der Waals surface area contributed by atoms with Gasteiger partial charge in [-0.2, -0.15) is 0 Å². The molecule has 1 aromatic heterocycles. The minimum atomic E-state index is -2.73. The van der Waals surface area contributed by atoms with Gasteiger partial charge in [-0.05, 0) is 17.7 Å². The first-order valence-corrected chi connectivity index (χ1v) is 7.30. The summed E-state index contributed by atoms with van der Waals surface area (Å²) in [5.41, 5.74) is 1.00. The molecule has 0 atom stereocenters. The number of urea groups is 1. The fourth-order valence-corrected chi connectivity index (χ4v) is 2.31. The number of nitrogens with one attached hydrogen (secondary N) is 2. The lowest BCUT2D eigenvalue weighted by Gasteiger charge is -2.14. The molecular weight excluding hydrogens is 331 g/mol. The van der Waals surface area contributed by atoms with E-state index in [1.807, 2.05) is 0 Å². The first kappa shape index (κ1) is 17.0. The molecule has 2 amide bonds. The van der Waals surface area contributed by atoms with Crippen LogP contribution in [0.1, 0.15) is 17.0 Å². The third-order valence-corrected chi connectivity index (χ3v) is 3.64. The summed E-state index contributed by atoms with van der Waals surface area (Å²) in [5, 5.41) is 10.9. The number of nitrogens with zero attached hydrogens (tertiary/aromatic N) is 3. The van der Waals surface area contributed by atoms with Gasteiger partial charge in [0.25, 0.3) is 6.43 Å². The highest BCUT2D eigenvalue weighted by Gasteiger charge is 2.15. The largest absolute Gasteiger partial charge is 0.375 e. The van der Waals surface area contributed by atoms with Crippen molar-refractivity contribution in [3.8, 4) is 0 Å². The van der Waals surface area contributed by atoms with E-state index in [0.717, 1.165) is 0 Å². The van der Waals surface area contributed by atoms with Crippen LogP contribution in [-0.2, 0) is 6.54 Å². The van der Waals surface area contributed by atoms with Crippen LogP contribution in [0.2, 0.25) is 0 Å². The van der Waals surface area contributed by atoms with E-state index in [0.29, 0.717) is 22.6 Å². The standard InChI is InChI=1S/C13H14F3N5OS/c1-21(2)9-4-3-7(5-8(9)14)6-17-12(22)18-13-20-19-11(23-13)10(15)16/h3-5,10H,6H2,1-2H3,(H2,17,18,20,22). The highest BCUT2D eigenvalue weighted by atomic mass is 32.1. The lowest BCUT2D eigenvalue weighted by Crippen LogP contribution is -2.28. The van der Waals surface area contributed by atoms with Gasteiger partial charge in [0, 0.05) is 20.6 Å². The lowest BCUT2D eigenvalue weighted by molar-refractivity contribution is 0.150. The Morgan fingerprint density at radius 2 is 2.09 bits per heavy atom. The molecule has 0 saturated carbocycles. The summed E-state index contributed by atoms with van der Waals surface area (Å²) in [6.07, 6.45) is -2.73. The average molecular weight is 345 g/mol. The Labute approximate surface area is 134 Å². The zero-order chi connectivity index (χ0) is 17.0. The van der Waals surface area contributed by atoms with Gasteiger partial charge in [0.1, 0.15) is 5.82 Å². The third kappa shape index (κ3) is 4.55. The maximum atomic E-state index is 13.8. The Morgan fingerprint density at radius 3 is 2.65 bits per heavy atom. The quantitative estimate of drug-likeness (QED) is 0.874. The molecule has 0 radical (unpaired) electrons. The monoisotopic (exact) mass is 345 g/mol. The lowest BCUT2D eigenvalue weighted by atomic mass is 10.2. The van der Waals surface area contributed by atoms with Crippen LogP contribution in [0.15, 0.2) is 18.2 Å². The van der Waals surface area contributed by atoms with Crippen LogP contribution in [-0.4, -0.2) is 30.3 Å². The summed E-state index contributed by atoms with van der Waals surface area (Å²) in [4.78, 5) is 13.3. The van der Waals surface area contributed by atoms with E-state index in [1.165, 1.54) is 6.07 Å². The van der Waals surface area contributed by atoms with Gasteiger partial charge < -0.3 is 10.2 Å². The molecule has 6 nitrogen and oxygen atoms in total. The van der Waals surface area contributed by atoms with Crippen LogP contribution in [0, 0.1) is 5.82 Å². The number of amides is 2. The van der Waals surface area contributed by atoms with Crippen molar-refractivity contribution in [1.82, 2.24) is 15.5 Å². The highest BCUT2D eigenvalue weighted by molar-refractivity contribution is 7.15. The second-order valence-corrected chi connectivity index (χ2v) is 5.74. The van der Waals surface area contributed by atoms with Crippen LogP contribution >= 0.6 is 11.3 Å². The summed E-state index contributed by atoms with van der Waals surface area (Å²) < 4.78 is 38.5. The van der Waals surface area contributed by atoms with E-state index in [4.69, 9.17) is 0 Å². The van der Waals surface area contributed by atoms with Gasteiger partial charge in [0.15, 0.2) is 5.01 Å². The van der Waals surface area contributed by atoms with E-state index >= 15 is 0 Å². The van der Waals surface area contributed by atoms with E-state index in [-0.39, 0.29) is 11.7 Å². The van der Waals surface area contributed by atoms with Gasteiger partial charge in [0.05, 0.1) is 5.69 Å². The number of hydrogen-bond acceptors (Lipinski definition) is 5. The van der Waals surface area contributed by atoms with Crippen molar-refractivity contribution >= 4 is 28.2 Å². The van der Waals surface area contributed by atoms with Crippen molar-refractivity contribution in [3.63, 3.8) is 0 Å². The molecule has 0 aliphatic carbocycles. The third-order valence-electron chi connectivity index (χ3n) is 2.79. The second-order valence-electron chi connectivity index (χ2n) is 4.73. The minimum Gasteiger partial charge on any atom is -0.375 e. The molecule has 2 aromatic rings. The predicted octanol–water partition coefficient (Wildman–Crippen LogP) is 3.00. The fraction of sp³-hybridized carbons (Fsp3) is 0.308. The van der Waals surface area contributed by atoms with Gasteiger partial charge in [0.2, 0.25) is 5.13 Å². The van der Waals surface area contributed by atoms with Crippen molar-refractivity contribution < 1.29 is 18.0 Å². The Balaban J connectivity index is 1.90. The molecule has 0 spiro atoms. The zero-order valence-corrected chi connectivity index (χ0v) is 13.1. The molecular formula is C13H14F3N5OS. The highest BCUT2D eigenvalue weighted by Crippen LogP contribution is 2.25. The van der Waals surface area contributed by atoms with Gasteiger partial charge in [-0.1, -0.05) is 17.4 Å². The Hall–Kier alpha value is -2.36. The Kier molecular flexibility index (Phi) is 5.37. The summed E-state index contributed by atoms with van der Waals surface area (Å²) >= 11 is 0.589. The molecule has 0 aliphatic rings. The fourth-order valence-electron chi connectivity index (χ4n) is 1.72. The molecule has 124 valence electrons. The summed E-state index contributed by atoms with van der Waals surface area (Å²) in [7, 11) is 3.44. The van der Waals surface area contributed by atoms with Gasteiger partial charge in [-0.25, -0.2) is 18.0 Å². The maximum Gasteiger partial charge on any atom is 0.321 e. The number of alkyl halides is 2. The molecule has 0 aliphatic heterocycles. The topological polar surface area (TPSA) is 70.2 Å². The van der Waals surface area contributed by atoms with Crippen LogP contribution in [0.25, 0.3) is 0 Å². The average Bonchev–Trinajstić information content (AvgIpc) is 2.93. The first-order chi connectivity index (χ1) is 10.9. The van der Waals surface area contributed by atoms with Crippen LogP contribution in [0.3, 0.4) is 0 Å². The predicted molar refractivity (Wildman–Crippen MR) is 81.5 cm³/mol. The van der Waals surface area contributed by atoms with Crippen molar-refractivity contribution in [2.45, 2.75) is 13.0 Å². The number of rotatable bonds is 5. The molecule has 0 saturated heterocycles. The van der Waals surface area contributed by atoms with Crippen molar-refractivity contribution in [1.29, 1.82) is 0 Å². The number of anilines is 2. The van der Waals surface area contributed by atoms with Gasteiger partial charge in [-0.3, -0.25) is 5.32 Å². The molecule has 0 bridgehead atoms. The molecule has 2 N–H and O–H groups in total. The van der Waals surface area contributed by atoms with Crippen LogP contribution in [0.5, 0.6) is 0 Å². The molecule has 10 heteroatoms. The summed E-state index contributed by atoms with van der Waals surface area (Å²) in [6, 6.07) is 3.96. The Morgan fingerprint density at radius 1 is 1.35 bits per heavy atom. The number of hydrogen-bond donors (Lipinski definition) is 2. The number of benzene rings is 1. The maximum absolute atomic E-state index is 13.8. The van der Waals surface area contributed by atoms with Crippen LogP contribution < -0.4 is 15.5 Å². The number of carbonyl (C=O) groups is 1. The van der Waals surface area contributed by atoms with E-state index in [2.05, 4.69) is 20.8 Å². The van der Waals surface area contributed by atoms with E-state index < -0.39 is 23.3 Å². The van der Waals surface area contributed by atoms with Crippen molar-refractivity contribution in [2.75, 3.05) is 24.3 Å². The minimum absolute atomic E-state index is 0.0352. The summed E-state index contributed by atoms with van der Waals surface area (Å²) in [5.74, 6) is -0.402. The van der Waals surface area contributed by atoms with Crippen LogP contribution in [0.4, 0.5) is 28.8 Å². The SMILES string of the molecule is CN(C)c1ccc(CNC(=O)Nc2nnc(C(F)F)s2)cc1F. The summed E-state index contributed by atoms with van der Waals surface area (Å²) in [6.45, 7) is 0.0803. The molecule has 1 heterocycles. The van der Waals surface area contributed by atoms with Gasteiger partial charge >= 0.3 is 6.03 Å². The first-order valence-electron chi connectivity index (χ1n) is 6.49. The number of aromatic nitrogens is 2. The molecule has 23 heavy (non-hydrogen) atoms. The molecule has 0 fully saturated rings. The van der Waals surface area contributed by atoms with E-state index in [1.54, 1.807) is 31.1 Å². The Bertz CT molecular complexity index is 692. The smallest absolute Gasteiger partial charge is 0.321 e. The number of carbonyl (C=O) groups excluding carboxylic acids is 1. The zero-order valence-electron chi connectivity index (χ0n) is 12.3. The second kappa shape index (κ2) is 7.27.